The van der Waals surface area contributed by atoms with E-state index in [-0.39, 0.29) is 62.0 Å². The minimum absolute atomic E-state index is 0. The molecule has 0 saturated carbocycles. The van der Waals surface area contributed by atoms with Crippen LogP contribution in [-0.4, -0.2) is 19.4 Å². The van der Waals surface area contributed by atoms with Crippen molar-refractivity contribution in [1.82, 2.24) is 0 Å². The molecule has 18 heavy (non-hydrogen) atoms. The van der Waals surface area contributed by atoms with Crippen LogP contribution in [0.4, 0.5) is 0 Å². The van der Waals surface area contributed by atoms with Gasteiger partial charge in [0.25, 0.3) is 0 Å². The first-order chi connectivity index (χ1) is 7.70. The molecule has 0 aromatic rings. The number of unbranched alkanes of at least 4 members (excludes halogenated alkanes) is 3. The number of hydrogen-bond acceptors (Lipinski definition) is 5. The Morgan fingerprint density at radius 3 is 2.44 bits per heavy atom. The molecule has 2 atom stereocenters. The average Bonchev–Trinajstić information content (AvgIpc) is 2.25. The van der Waals surface area contributed by atoms with E-state index in [1.54, 1.807) is 0 Å². The molecule has 100 valence electrons. The van der Waals surface area contributed by atoms with Gasteiger partial charge in [-0.3, -0.25) is 0 Å². The van der Waals surface area contributed by atoms with Crippen LogP contribution in [0.1, 0.15) is 48.3 Å². The Balaban J connectivity index is -0.000000187. The van der Waals surface area contributed by atoms with E-state index >= 15 is 0 Å². The molecule has 4 N–H and O–H groups in total. The van der Waals surface area contributed by atoms with Gasteiger partial charge in [-0.1, -0.05) is 19.8 Å². The van der Waals surface area contributed by atoms with Gasteiger partial charge in [0.2, 0.25) is 0 Å². The quantitative estimate of drug-likeness (QED) is 0.179. The van der Waals surface area contributed by atoms with Gasteiger partial charge in [0.15, 0.2) is 6.23 Å². The van der Waals surface area contributed by atoms with Gasteiger partial charge < -0.3 is 14.3 Å². The zero-order chi connectivity index (χ0) is 12.2. The second-order valence-electron chi connectivity index (χ2n) is 3.69. The minimum Gasteiger partial charge on any atom is -1.00 e. The Morgan fingerprint density at radius 2 is 1.89 bits per heavy atom. The van der Waals surface area contributed by atoms with Gasteiger partial charge in [0.05, 0.1) is 0 Å². The minimum atomic E-state index is -2.06. The van der Waals surface area contributed by atoms with Crippen molar-refractivity contribution < 1.29 is 75.6 Å². The molecule has 5 nitrogen and oxygen atoms in total. The molecule has 0 rings (SSSR count). The molecule has 0 aromatic heterocycles. The zero-order valence-electron chi connectivity index (χ0n) is 14.1. The number of hydrogen-bond donors (Lipinski definition) is 2. The van der Waals surface area contributed by atoms with Gasteiger partial charge in [-0.05, 0) is 32.2 Å². The Morgan fingerprint density at radius 1 is 1.22 bits per heavy atom. The fourth-order valence-corrected chi connectivity index (χ4v) is 1.81. The first-order valence-corrected chi connectivity index (χ1v) is 7.02. The third kappa shape index (κ3) is 17.9. The van der Waals surface area contributed by atoms with Gasteiger partial charge >= 0.3 is 67.4 Å². The molecular weight excluding hydrogens is 273 g/mol. The molecule has 0 fully saturated rings. The molecule has 0 aliphatic rings. The van der Waals surface area contributed by atoms with Gasteiger partial charge in [0, 0.05) is 4.57 Å². The fourth-order valence-electron chi connectivity index (χ4n) is 1.14. The number of nitrogens with two attached hydrogens (primary N) is 2. The van der Waals surface area contributed by atoms with E-state index < -0.39 is 14.5 Å². The Labute approximate surface area is 159 Å². The summed E-state index contributed by atoms with van der Waals surface area (Å²) in [6, 6.07) is 0. The van der Waals surface area contributed by atoms with Crippen molar-refractivity contribution in [1.29, 1.82) is 0 Å². The van der Waals surface area contributed by atoms with Crippen molar-refractivity contribution in [3.8, 4) is 0 Å². The maximum absolute atomic E-state index is 11.2. The van der Waals surface area contributed by atoms with Crippen LogP contribution in [-0.2, 0) is 13.6 Å². The molecule has 2 unspecified atom stereocenters. The molecule has 0 spiro atoms. The predicted octanol–water partition coefficient (Wildman–Crippen LogP) is -3.49. The van der Waals surface area contributed by atoms with E-state index in [4.69, 9.17) is 20.5 Å². The van der Waals surface area contributed by atoms with Crippen LogP contribution in [0.15, 0.2) is 0 Å². The largest absolute Gasteiger partial charge is 1.00 e. The Bertz CT molecular complexity index is 200. The third-order valence-corrected chi connectivity index (χ3v) is 2.95. The summed E-state index contributed by atoms with van der Waals surface area (Å²) in [5.41, 5.74) is 11.0. The van der Waals surface area contributed by atoms with Crippen molar-refractivity contribution in [2.45, 2.75) is 51.7 Å². The van der Waals surface area contributed by atoms with E-state index in [9.17, 15) is 4.57 Å². The van der Waals surface area contributed by atoms with Crippen LogP contribution in [0, 0.1) is 0 Å². The fraction of sp³-hybridized carbons (Fsp3) is 1.00. The second-order valence-corrected chi connectivity index (χ2v) is 4.61. The summed E-state index contributed by atoms with van der Waals surface area (Å²) in [7, 11) is -2.06. The summed E-state index contributed by atoms with van der Waals surface area (Å²) < 4.78 is 21.2. The summed E-state index contributed by atoms with van der Waals surface area (Å²) in [5, 5.41) is 0. The molecule has 0 amide bonds. The molecule has 0 aromatic carbocycles. The molecule has 0 bridgehead atoms. The van der Waals surface area contributed by atoms with Crippen LogP contribution in [0.5, 0.6) is 0 Å². The third-order valence-electron chi connectivity index (χ3n) is 2.11. The smallest absolute Gasteiger partial charge is 1.00 e. The first kappa shape index (κ1) is 24.9. The maximum Gasteiger partial charge on any atom is 1.00 e. The molecule has 0 aliphatic heterocycles. The van der Waals surface area contributed by atoms with E-state index in [0.29, 0.717) is 19.6 Å². The Kier molecular flexibility index (Phi) is 26.2. The van der Waals surface area contributed by atoms with E-state index in [1.165, 1.54) is 0 Å². The van der Waals surface area contributed by atoms with Crippen LogP contribution in [0.25, 0.3) is 0 Å². The van der Waals surface area contributed by atoms with E-state index in [1.807, 2.05) is 6.92 Å². The summed E-state index contributed by atoms with van der Waals surface area (Å²) in [6.07, 6.45) is 5.05. The molecule has 0 radical (unpaired) electrons. The van der Waals surface area contributed by atoms with Crippen LogP contribution < -0.4 is 70.6 Å². The maximum atomic E-state index is 11.2. The van der Waals surface area contributed by atoms with Crippen molar-refractivity contribution in [3.05, 3.63) is 0 Å². The predicted molar refractivity (Wildman–Crippen MR) is 67.3 cm³/mol. The van der Waals surface area contributed by atoms with Gasteiger partial charge in [-0.25, -0.2) is 0 Å². The van der Waals surface area contributed by atoms with Crippen LogP contribution in [0.2, 0.25) is 0 Å². The van der Waals surface area contributed by atoms with Gasteiger partial charge in [-0.2, -0.15) is 0 Å². The summed E-state index contributed by atoms with van der Waals surface area (Å²) in [6.45, 7) is 3.20. The molecule has 0 heterocycles. The second kappa shape index (κ2) is 18.9. The normalized spacial score (nSPS) is 12.3. The first-order valence-electron chi connectivity index (χ1n) is 5.93. The number of rotatable bonds is 11. The van der Waals surface area contributed by atoms with Crippen molar-refractivity contribution >= 4 is 8.25 Å². The van der Waals surface area contributed by atoms with Crippen LogP contribution in [0.3, 0.4) is 0 Å². The monoisotopic (exact) mass is 299 g/mol. The van der Waals surface area contributed by atoms with Crippen molar-refractivity contribution in [2.24, 2.45) is 11.5 Å². The van der Waals surface area contributed by atoms with Crippen molar-refractivity contribution in [2.75, 3.05) is 13.2 Å². The summed E-state index contributed by atoms with van der Waals surface area (Å²) in [4.78, 5) is 0. The molecule has 0 saturated heterocycles. The molecule has 0 aliphatic carbocycles. The standard InChI is InChI=1S/C10H24N2O3P.2Na.2H/c1-2-3-9-14-16(13)15-10(12)7-5-4-6-8-11;;;;/h10H,2-9,11-12H2,1H3;;;;/q3*+1;2*-1. The molecular formula is C10H26N2Na2O3P+. The van der Waals surface area contributed by atoms with Crippen molar-refractivity contribution in [3.63, 3.8) is 0 Å². The van der Waals surface area contributed by atoms with Gasteiger partial charge in [0.1, 0.15) is 6.61 Å². The summed E-state index contributed by atoms with van der Waals surface area (Å²) >= 11 is 0. The SMILES string of the molecule is CCCCO[P+](=O)OC(N)CCCCCN.[H-].[H-].[Na+].[Na+]. The Hall–Kier alpha value is 1.94. The average molecular weight is 299 g/mol. The van der Waals surface area contributed by atoms with Crippen LogP contribution >= 0.6 is 8.25 Å². The summed E-state index contributed by atoms with van der Waals surface area (Å²) in [5.74, 6) is 0. The van der Waals surface area contributed by atoms with Gasteiger partial charge in [-0.15, -0.1) is 9.05 Å². The zero-order valence-corrected chi connectivity index (χ0v) is 17.0. The van der Waals surface area contributed by atoms with E-state index in [0.717, 1.165) is 32.1 Å². The molecule has 8 heteroatoms. The van der Waals surface area contributed by atoms with E-state index in [2.05, 4.69) is 0 Å². The topological polar surface area (TPSA) is 87.6 Å².